The van der Waals surface area contributed by atoms with Gasteiger partial charge in [0.15, 0.2) is 0 Å². The van der Waals surface area contributed by atoms with Crippen molar-refractivity contribution in [2.45, 2.75) is 0 Å². The molecular weight excluding hydrogens is 194 g/mol. The topological polar surface area (TPSA) is 79.5 Å². The Morgan fingerprint density at radius 3 is 2.80 bits per heavy atom. The molecule has 1 aliphatic rings. The van der Waals surface area contributed by atoms with E-state index in [1.165, 1.54) is 6.20 Å². The number of hydrogen-bond acceptors (Lipinski definition) is 4. The molecule has 1 amide bonds. The fourth-order valence-corrected chi connectivity index (χ4v) is 1.59. The lowest BCUT2D eigenvalue weighted by Crippen LogP contribution is -2.48. The first-order valence-corrected chi connectivity index (χ1v) is 4.82. The van der Waals surface area contributed by atoms with Crippen LogP contribution < -0.4 is 10.6 Å². The summed E-state index contributed by atoms with van der Waals surface area (Å²) >= 11 is 0. The van der Waals surface area contributed by atoms with Crippen LogP contribution in [0.1, 0.15) is 10.4 Å². The Kier molecular flexibility index (Phi) is 2.55. The Morgan fingerprint density at radius 2 is 2.33 bits per heavy atom. The maximum Gasteiger partial charge on any atom is 0.250 e. The van der Waals surface area contributed by atoms with Crippen molar-refractivity contribution >= 4 is 11.7 Å². The van der Waals surface area contributed by atoms with E-state index >= 15 is 0 Å². The minimum atomic E-state index is -0.467. The lowest BCUT2D eigenvalue weighted by atomic mass is 10.0. The second-order valence-electron chi connectivity index (χ2n) is 3.72. The van der Waals surface area contributed by atoms with Gasteiger partial charge in [0, 0.05) is 31.8 Å². The Labute approximate surface area is 87.5 Å². The van der Waals surface area contributed by atoms with Crippen molar-refractivity contribution in [3.63, 3.8) is 0 Å². The molecule has 0 aromatic carbocycles. The van der Waals surface area contributed by atoms with E-state index in [-0.39, 0.29) is 6.61 Å². The monoisotopic (exact) mass is 207 g/mol. The average Bonchev–Trinajstić information content (AvgIpc) is 2.17. The Morgan fingerprint density at radius 1 is 1.60 bits per heavy atom. The molecule has 0 unspecified atom stereocenters. The van der Waals surface area contributed by atoms with Gasteiger partial charge in [-0.1, -0.05) is 0 Å². The molecule has 80 valence electrons. The van der Waals surface area contributed by atoms with Crippen molar-refractivity contribution in [1.82, 2.24) is 4.98 Å². The van der Waals surface area contributed by atoms with E-state index in [0.29, 0.717) is 11.5 Å². The molecule has 2 heterocycles. The van der Waals surface area contributed by atoms with Crippen molar-refractivity contribution in [3.8, 4) is 0 Å². The minimum absolute atomic E-state index is 0.218. The highest BCUT2D eigenvalue weighted by atomic mass is 16.3. The number of aliphatic hydroxyl groups excluding tert-OH is 1. The summed E-state index contributed by atoms with van der Waals surface area (Å²) in [4.78, 5) is 17.0. The summed E-state index contributed by atoms with van der Waals surface area (Å²) in [6, 6.07) is 3.44. The van der Waals surface area contributed by atoms with Crippen LogP contribution in [0.2, 0.25) is 0 Å². The average molecular weight is 207 g/mol. The van der Waals surface area contributed by atoms with Crippen molar-refractivity contribution in [1.29, 1.82) is 0 Å². The number of primary amides is 1. The summed E-state index contributed by atoms with van der Waals surface area (Å²) in [5, 5.41) is 8.86. The Balaban J connectivity index is 2.02. The number of nitrogens with zero attached hydrogens (tertiary/aromatic N) is 2. The van der Waals surface area contributed by atoms with Crippen LogP contribution in [-0.2, 0) is 0 Å². The van der Waals surface area contributed by atoms with Gasteiger partial charge in [-0.3, -0.25) is 4.79 Å². The van der Waals surface area contributed by atoms with Crippen molar-refractivity contribution in [2.75, 3.05) is 24.6 Å². The van der Waals surface area contributed by atoms with Gasteiger partial charge in [0.05, 0.1) is 5.56 Å². The van der Waals surface area contributed by atoms with Crippen molar-refractivity contribution in [2.24, 2.45) is 11.7 Å². The zero-order valence-corrected chi connectivity index (χ0v) is 8.26. The highest BCUT2D eigenvalue weighted by Crippen LogP contribution is 2.21. The van der Waals surface area contributed by atoms with E-state index < -0.39 is 5.91 Å². The number of aromatic nitrogens is 1. The fraction of sp³-hybridized carbons (Fsp3) is 0.400. The third kappa shape index (κ3) is 1.92. The first-order valence-electron chi connectivity index (χ1n) is 4.82. The number of hydrogen-bond donors (Lipinski definition) is 2. The number of aliphatic hydroxyl groups is 1. The van der Waals surface area contributed by atoms with Crippen molar-refractivity contribution in [3.05, 3.63) is 23.9 Å². The van der Waals surface area contributed by atoms with Crippen LogP contribution in [0.25, 0.3) is 0 Å². The highest BCUT2D eigenvalue weighted by molar-refractivity contribution is 5.92. The molecule has 5 nitrogen and oxygen atoms in total. The molecule has 2 rings (SSSR count). The Hall–Kier alpha value is -1.62. The molecule has 0 radical (unpaired) electrons. The molecule has 1 saturated heterocycles. The van der Waals surface area contributed by atoms with Crippen LogP contribution in [0, 0.1) is 5.92 Å². The number of pyridine rings is 1. The largest absolute Gasteiger partial charge is 0.396 e. The molecule has 0 atom stereocenters. The normalized spacial score (nSPS) is 16.2. The molecule has 15 heavy (non-hydrogen) atoms. The summed E-state index contributed by atoms with van der Waals surface area (Å²) in [6.45, 7) is 1.86. The zero-order chi connectivity index (χ0) is 10.8. The van der Waals surface area contributed by atoms with Crippen LogP contribution in [0.4, 0.5) is 5.82 Å². The van der Waals surface area contributed by atoms with E-state index in [2.05, 4.69) is 4.98 Å². The van der Waals surface area contributed by atoms with Crippen LogP contribution in [-0.4, -0.2) is 35.7 Å². The number of anilines is 1. The molecule has 1 aliphatic heterocycles. The second kappa shape index (κ2) is 3.86. The molecule has 5 heteroatoms. The molecule has 0 aliphatic carbocycles. The molecule has 0 bridgehead atoms. The van der Waals surface area contributed by atoms with E-state index in [0.717, 1.165) is 18.9 Å². The second-order valence-corrected chi connectivity index (χ2v) is 3.72. The third-order valence-corrected chi connectivity index (χ3v) is 2.57. The van der Waals surface area contributed by atoms with E-state index in [1.807, 2.05) is 4.90 Å². The van der Waals surface area contributed by atoms with Crippen LogP contribution in [0.5, 0.6) is 0 Å². The van der Waals surface area contributed by atoms with Gasteiger partial charge in [-0.05, 0) is 12.1 Å². The Bertz CT molecular complexity index is 357. The SMILES string of the molecule is NC(=O)c1ccc(N2CC(CO)C2)nc1. The van der Waals surface area contributed by atoms with E-state index in [4.69, 9.17) is 10.8 Å². The highest BCUT2D eigenvalue weighted by Gasteiger charge is 2.26. The summed E-state index contributed by atoms with van der Waals surface area (Å²) in [5.74, 6) is 0.707. The third-order valence-electron chi connectivity index (χ3n) is 2.57. The number of amides is 1. The maximum absolute atomic E-state index is 10.8. The molecule has 0 saturated carbocycles. The van der Waals surface area contributed by atoms with Crippen LogP contribution >= 0.6 is 0 Å². The maximum atomic E-state index is 10.8. The molecule has 1 fully saturated rings. The van der Waals surface area contributed by atoms with E-state index in [1.54, 1.807) is 12.1 Å². The summed E-state index contributed by atoms with van der Waals surface area (Å²) in [6.07, 6.45) is 1.48. The van der Waals surface area contributed by atoms with Crippen LogP contribution in [0.3, 0.4) is 0 Å². The zero-order valence-electron chi connectivity index (χ0n) is 8.26. The van der Waals surface area contributed by atoms with Gasteiger partial charge in [-0.15, -0.1) is 0 Å². The molecule has 0 spiro atoms. The number of carbonyl (C=O) groups excluding carboxylic acids is 1. The summed E-state index contributed by atoms with van der Waals surface area (Å²) in [5.41, 5.74) is 5.52. The predicted molar refractivity (Wildman–Crippen MR) is 55.5 cm³/mol. The van der Waals surface area contributed by atoms with Gasteiger partial charge in [0.2, 0.25) is 5.91 Å². The van der Waals surface area contributed by atoms with Gasteiger partial charge >= 0.3 is 0 Å². The lowest BCUT2D eigenvalue weighted by Gasteiger charge is -2.39. The lowest BCUT2D eigenvalue weighted by molar-refractivity contribution is 0.1000. The smallest absolute Gasteiger partial charge is 0.250 e. The van der Waals surface area contributed by atoms with Crippen LogP contribution in [0.15, 0.2) is 18.3 Å². The molecule has 1 aromatic rings. The number of carbonyl (C=O) groups is 1. The first kappa shape index (κ1) is 9.92. The van der Waals surface area contributed by atoms with Gasteiger partial charge in [-0.25, -0.2) is 4.98 Å². The molecular formula is C10H13N3O2. The predicted octanol–water partition coefficient (Wildman–Crippen LogP) is -0.391. The first-order chi connectivity index (χ1) is 7.20. The summed E-state index contributed by atoms with van der Waals surface area (Å²) < 4.78 is 0. The minimum Gasteiger partial charge on any atom is -0.396 e. The molecule has 3 N–H and O–H groups in total. The van der Waals surface area contributed by atoms with Gasteiger partial charge in [0.1, 0.15) is 5.82 Å². The number of rotatable bonds is 3. The fourth-order valence-electron chi connectivity index (χ4n) is 1.59. The van der Waals surface area contributed by atoms with Crippen molar-refractivity contribution < 1.29 is 9.90 Å². The quantitative estimate of drug-likeness (QED) is 0.707. The van der Waals surface area contributed by atoms with Gasteiger partial charge in [0.25, 0.3) is 0 Å². The number of nitrogens with two attached hydrogens (primary N) is 1. The summed E-state index contributed by atoms with van der Waals surface area (Å²) in [7, 11) is 0. The van der Waals surface area contributed by atoms with Gasteiger partial charge < -0.3 is 15.7 Å². The standard InChI is InChI=1S/C10H13N3O2/c11-10(15)8-1-2-9(12-3-8)13-4-7(5-13)6-14/h1-3,7,14H,4-6H2,(H2,11,15). The molecule has 1 aromatic heterocycles. The van der Waals surface area contributed by atoms with Gasteiger partial charge in [-0.2, -0.15) is 0 Å². The van der Waals surface area contributed by atoms with E-state index in [9.17, 15) is 4.79 Å².